The molecule has 5 heteroatoms. The number of thiazole rings is 1. The number of benzene rings is 1. The highest BCUT2D eigenvalue weighted by Gasteiger charge is 2.34. The Bertz CT molecular complexity index is 729. The molecule has 1 aromatic heterocycles. The van der Waals surface area contributed by atoms with Gasteiger partial charge in [0.15, 0.2) is 5.13 Å². The van der Waals surface area contributed by atoms with E-state index in [2.05, 4.69) is 35.3 Å². The predicted molar refractivity (Wildman–Crippen MR) is 99.6 cm³/mol. The number of hydrogen-bond acceptors (Lipinski definition) is 4. The van der Waals surface area contributed by atoms with Gasteiger partial charge in [0.2, 0.25) is 5.91 Å². The van der Waals surface area contributed by atoms with Crippen LogP contribution in [0.1, 0.15) is 37.7 Å². The lowest BCUT2D eigenvalue weighted by molar-refractivity contribution is -0.125. The van der Waals surface area contributed by atoms with E-state index >= 15 is 0 Å². The molecule has 0 radical (unpaired) electrons. The molecule has 1 saturated carbocycles. The van der Waals surface area contributed by atoms with E-state index in [4.69, 9.17) is 4.98 Å². The van der Waals surface area contributed by atoms with Crippen molar-refractivity contribution in [3.05, 3.63) is 23.8 Å². The van der Waals surface area contributed by atoms with E-state index in [1.165, 1.54) is 42.4 Å². The first kappa shape index (κ1) is 15.9. The minimum Gasteiger partial charge on any atom is -0.355 e. The number of hydrogen-bond donors (Lipinski definition) is 1. The predicted octanol–water partition coefficient (Wildman–Crippen LogP) is 3.74. The van der Waals surface area contributed by atoms with Gasteiger partial charge < -0.3 is 10.2 Å². The largest absolute Gasteiger partial charge is 0.355 e. The molecule has 1 aromatic carbocycles. The Hall–Kier alpha value is -1.62. The first-order valence-electron chi connectivity index (χ1n) is 9.09. The second-order valence-electron chi connectivity index (χ2n) is 7.32. The third-order valence-corrected chi connectivity index (χ3v) is 6.42. The zero-order valence-corrected chi connectivity index (χ0v) is 15.1. The molecule has 128 valence electrons. The molecular weight excluding hydrogens is 318 g/mol. The van der Waals surface area contributed by atoms with Gasteiger partial charge >= 0.3 is 0 Å². The maximum Gasteiger partial charge on any atom is 0.226 e. The lowest BCUT2D eigenvalue weighted by Crippen LogP contribution is -2.54. The summed E-state index contributed by atoms with van der Waals surface area (Å²) in [4.78, 5) is 19.2. The van der Waals surface area contributed by atoms with Gasteiger partial charge in [0.25, 0.3) is 0 Å². The van der Waals surface area contributed by atoms with E-state index in [1.807, 2.05) is 0 Å². The lowest BCUT2D eigenvalue weighted by atomic mass is 9.89. The summed E-state index contributed by atoms with van der Waals surface area (Å²) in [6, 6.07) is 6.37. The minimum atomic E-state index is 0.127. The number of aromatic nitrogens is 1. The molecule has 24 heavy (non-hydrogen) atoms. The summed E-state index contributed by atoms with van der Waals surface area (Å²) in [6.45, 7) is 4.58. The van der Waals surface area contributed by atoms with Crippen LogP contribution in [0.25, 0.3) is 10.2 Å². The minimum absolute atomic E-state index is 0.127. The highest BCUT2D eigenvalue weighted by Crippen LogP contribution is 2.33. The van der Waals surface area contributed by atoms with Crippen LogP contribution < -0.4 is 10.2 Å². The maximum atomic E-state index is 12.3. The third-order valence-electron chi connectivity index (χ3n) is 5.35. The molecular formula is C19H25N3OS. The summed E-state index contributed by atoms with van der Waals surface area (Å²) in [5.74, 6) is 1.06. The maximum absolute atomic E-state index is 12.3. The van der Waals surface area contributed by atoms with Crippen molar-refractivity contribution >= 4 is 32.6 Å². The van der Waals surface area contributed by atoms with Gasteiger partial charge in [-0.2, -0.15) is 0 Å². The fraction of sp³-hybridized carbons (Fsp3) is 0.579. The second-order valence-corrected chi connectivity index (χ2v) is 8.33. The number of nitrogens with zero attached hydrogens (tertiary/aromatic N) is 2. The fourth-order valence-electron chi connectivity index (χ4n) is 3.74. The highest BCUT2D eigenvalue weighted by atomic mass is 32.1. The summed E-state index contributed by atoms with van der Waals surface area (Å²) >= 11 is 1.73. The van der Waals surface area contributed by atoms with Crippen molar-refractivity contribution in [1.29, 1.82) is 0 Å². The normalized spacial score (nSPS) is 19.5. The van der Waals surface area contributed by atoms with Crippen molar-refractivity contribution < 1.29 is 4.79 Å². The number of fused-ring (bicyclic) bond motifs is 1. The first-order valence-corrected chi connectivity index (χ1v) is 9.90. The average Bonchev–Trinajstić information content (AvgIpc) is 2.95. The molecule has 0 atom stereocenters. The van der Waals surface area contributed by atoms with Crippen LogP contribution in [0.3, 0.4) is 0 Å². The molecule has 1 aliphatic heterocycles. The molecule has 2 heterocycles. The molecule has 1 N–H and O–H groups in total. The molecule has 4 nitrogen and oxygen atoms in total. The summed E-state index contributed by atoms with van der Waals surface area (Å²) in [6.07, 6.45) is 6.58. The summed E-state index contributed by atoms with van der Waals surface area (Å²) in [5.41, 5.74) is 2.33. The van der Waals surface area contributed by atoms with Crippen LogP contribution in [0, 0.1) is 18.8 Å². The first-order chi connectivity index (χ1) is 11.7. The van der Waals surface area contributed by atoms with Gasteiger partial charge in [0.1, 0.15) is 0 Å². The van der Waals surface area contributed by atoms with Gasteiger partial charge in [0.05, 0.1) is 16.1 Å². The Morgan fingerprint density at radius 3 is 2.88 bits per heavy atom. The van der Waals surface area contributed by atoms with E-state index in [0.717, 1.165) is 30.3 Å². The van der Waals surface area contributed by atoms with Crippen molar-refractivity contribution in [2.75, 3.05) is 24.5 Å². The van der Waals surface area contributed by atoms with E-state index in [0.29, 0.717) is 5.92 Å². The molecule has 2 aliphatic rings. The topological polar surface area (TPSA) is 45.2 Å². The van der Waals surface area contributed by atoms with Gasteiger partial charge in [-0.25, -0.2) is 4.98 Å². The Balaban J connectivity index is 1.29. The van der Waals surface area contributed by atoms with Crippen LogP contribution >= 0.6 is 11.3 Å². The van der Waals surface area contributed by atoms with Gasteiger partial charge in [-0.3, -0.25) is 4.79 Å². The smallest absolute Gasteiger partial charge is 0.226 e. The average molecular weight is 343 g/mol. The van der Waals surface area contributed by atoms with E-state index in [1.54, 1.807) is 11.3 Å². The number of carbonyl (C=O) groups is 1. The molecule has 0 unspecified atom stereocenters. The van der Waals surface area contributed by atoms with Crippen LogP contribution in [-0.2, 0) is 4.79 Å². The molecule has 0 bridgehead atoms. The fourth-order valence-corrected chi connectivity index (χ4v) is 4.82. The molecule has 2 fully saturated rings. The van der Waals surface area contributed by atoms with Gasteiger partial charge in [-0.15, -0.1) is 0 Å². The highest BCUT2D eigenvalue weighted by molar-refractivity contribution is 7.22. The van der Waals surface area contributed by atoms with Crippen molar-refractivity contribution in [2.24, 2.45) is 11.8 Å². The molecule has 1 amide bonds. The number of aryl methyl sites for hydroxylation is 1. The van der Waals surface area contributed by atoms with Crippen molar-refractivity contribution in [1.82, 2.24) is 10.3 Å². The quantitative estimate of drug-likeness (QED) is 0.920. The van der Waals surface area contributed by atoms with Gasteiger partial charge in [-0.1, -0.05) is 36.7 Å². The van der Waals surface area contributed by atoms with Crippen LogP contribution in [0.2, 0.25) is 0 Å². The SMILES string of the molecule is Cc1ccc2nc(N3CC(C(=O)NCC4CCCCC4)C3)sc2c1. The van der Waals surface area contributed by atoms with Crippen LogP contribution in [-0.4, -0.2) is 30.5 Å². The Labute approximate surface area is 147 Å². The van der Waals surface area contributed by atoms with Crippen molar-refractivity contribution in [2.45, 2.75) is 39.0 Å². The standard InChI is InChI=1S/C19H25N3OS/c1-13-7-8-16-17(9-13)24-19(21-16)22-11-15(12-22)18(23)20-10-14-5-3-2-4-6-14/h7-9,14-15H,2-6,10-12H2,1H3,(H,20,23). The zero-order chi connectivity index (χ0) is 16.5. The van der Waals surface area contributed by atoms with E-state index in [9.17, 15) is 4.79 Å². The van der Waals surface area contributed by atoms with E-state index < -0.39 is 0 Å². The van der Waals surface area contributed by atoms with Gasteiger partial charge in [0, 0.05) is 19.6 Å². The Kier molecular flexibility index (Phi) is 4.44. The number of rotatable bonds is 4. The zero-order valence-electron chi connectivity index (χ0n) is 14.3. The molecule has 0 spiro atoms. The van der Waals surface area contributed by atoms with Crippen LogP contribution in [0.5, 0.6) is 0 Å². The van der Waals surface area contributed by atoms with Crippen LogP contribution in [0.15, 0.2) is 18.2 Å². The summed E-state index contributed by atoms with van der Waals surface area (Å²) in [7, 11) is 0. The Morgan fingerprint density at radius 1 is 1.29 bits per heavy atom. The lowest BCUT2D eigenvalue weighted by Gasteiger charge is -2.38. The molecule has 1 aliphatic carbocycles. The monoisotopic (exact) mass is 343 g/mol. The molecule has 4 rings (SSSR count). The Morgan fingerprint density at radius 2 is 2.08 bits per heavy atom. The number of anilines is 1. The van der Waals surface area contributed by atoms with Crippen molar-refractivity contribution in [3.63, 3.8) is 0 Å². The van der Waals surface area contributed by atoms with Gasteiger partial charge in [-0.05, 0) is 43.4 Å². The second kappa shape index (κ2) is 6.71. The number of nitrogens with one attached hydrogen (secondary N) is 1. The summed E-state index contributed by atoms with van der Waals surface area (Å²) < 4.78 is 1.23. The van der Waals surface area contributed by atoms with Crippen molar-refractivity contribution in [3.8, 4) is 0 Å². The number of amides is 1. The molecule has 2 aromatic rings. The third kappa shape index (κ3) is 3.27. The van der Waals surface area contributed by atoms with Crippen LogP contribution in [0.4, 0.5) is 5.13 Å². The summed E-state index contributed by atoms with van der Waals surface area (Å²) in [5, 5.41) is 4.23. The number of carbonyl (C=O) groups excluding carboxylic acids is 1. The van der Waals surface area contributed by atoms with E-state index in [-0.39, 0.29) is 11.8 Å². The molecule has 1 saturated heterocycles.